The molecule has 0 saturated carbocycles. The van der Waals surface area contributed by atoms with Crippen LogP contribution in [0.4, 0.5) is 0 Å². The summed E-state index contributed by atoms with van der Waals surface area (Å²) >= 11 is 0. The molecule has 6 heteroatoms. The molecule has 0 amide bonds. The molecule has 1 atom stereocenters. The molecule has 5 nitrogen and oxygen atoms in total. The number of aliphatic hydroxyl groups is 1. The fourth-order valence-electron chi connectivity index (χ4n) is 0.321. The molecule has 0 heterocycles. The summed E-state index contributed by atoms with van der Waals surface area (Å²) in [4.78, 5) is 10.7. The molecule has 0 aromatic carbocycles. The van der Waals surface area contributed by atoms with Gasteiger partial charge in [0.25, 0.3) is 0 Å². The molecule has 70 valence electrons. The normalized spacial score (nSPS) is 12.2. The third-order valence-corrected chi connectivity index (χ3v) is 1.63. The first-order chi connectivity index (χ1) is 5.57. The van der Waals surface area contributed by atoms with Crippen LogP contribution in [-0.4, -0.2) is 24.3 Å². The average Bonchev–Trinajstić information content (AvgIpc) is 2.00. The van der Waals surface area contributed by atoms with Crippen LogP contribution in [0.15, 0.2) is 12.2 Å². The molecular weight excluding hydrogens is 183 g/mol. The number of rotatable bonds is 5. The minimum atomic E-state index is -2.82. The fourth-order valence-corrected chi connectivity index (χ4v) is 0.964. The fraction of sp³-hybridized carbons (Fsp3) is 0.500. The lowest BCUT2D eigenvalue weighted by Crippen LogP contribution is -2.01. The summed E-state index contributed by atoms with van der Waals surface area (Å²) in [6.07, 6.45) is 0. The molecule has 0 aliphatic heterocycles. The number of hydrogen-bond donors (Lipinski definition) is 1. The van der Waals surface area contributed by atoms with Crippen LogP contribution in [0, 0.1) is 0 Å². The third kappa shape index (κ3) is 5.07. The van der Waals surface area contributed by atoms with Crippen molar-refractivity contribution in [1.82, 2.24) is 0 Å². The van der Waals surface area contributed by atoms with Gasteiger partial charge in [-0.25, -0.2) is 9.36 Å². The molecule has 12 heavy (non-hydrogen) atoms. The predicted molar refractivity (Wildman–Crippen MR) is 42.9 cm³/mol. The molecule has 1 unspecified atom stereocenters. The lowest BCUT2D eigenvalue weighted by Gasteiger charge is -2.03. The molecule has 0 saturated heterocycles. The largest absolute Gasteiger partial charge is 0.394 e. The van der Waals surface area contributed by atoms with Gasteiger partial charge in [-0.05, 0) is 6.92 Å². The Morgan fingerprint density at radius 3 is 2.67 bits per heavy atom. The Bertz CT molecular complexity index is 200. The van der Waals surface area contributed by atoms with Gasteiger partial charge in [-0.15, -0.1) is 0 Å². The average molecular weight is 194 g/mol. The molecule has 0 fully saturated rings. The molecule has 0 rings (SSSR count). The highest BCUT2D eigenvalue weighted by atomic mass is 31.1. The van der Waals surface area contributed by atoms with Crippen LogP contribution in [0.3, 0.4) is 0 Å². The van der Waals surface area contributed by atoms with Crippen molar-refractivity contribution >= 4 is 14.2 Å². The molecule has 0 aromatic heterocycles. The van der Waals surface area contributed by atoms with Gasteiger partial charge in [0.1, 0.15) is 0 Å². The van der Waals surface area contributed by atoms with E-state index < -0.39 is 14.2 Å². The first-order valence-corrected chi connectivity index (χ1v) is 4.45. The molecule has 0 spiro atoms. The highest BCUT2D eigenvalue weighted by Gasteiger charge is 2.07. The summed E-state index contributed by atoms with van der Waals surface area (Å²) in [5.74, 6) is -0.753. The van der Waals surface area contributed by atoms with E-state index in [-0.39, 0.29) is 18.8 Å². The molecule has 0 radical (unpaired) electrons. The van der Waals surface area contributed by atoms with Crippen LogP contribution in [0.2, 0.25) is 0 Å². The van der Waals surface area contributed by atoms with Crippen molar-refractivity contribution in [3.63, 3.8) is 0 Å². The van der Waals surface area contributed by atoms with Gasteiger partial charge >= 0.3 is 14.2 Å². The van der Waals surface area contributed by atoms with E-state index in [4.69, 9.17) is 5.11 Å². The van der Waals surface area contributed by atoms with Crippen molar-refractivity contribution in [2.45, 2.75) is 6.92 Å². The standard InChI is InChI=1S/C6H11O5P/c1-5(2)6(8)11-12(9)10-4-3-7/h7,12H,1,3-4H2,2H3. The van der Waals surface area contributed by atoms with Gasteiger partial charge in [-0.2, -0.15) is 0 Å². The van der Waals surface area contributed by atoms with Gasteiger partial charge in [0.15, 0.2) is 0 Å². The van der Waals surface area contributed by atoms with Gasteiger partial charge in [0, 0.05) is 5.57 Å². The van der Waals surface area contributed by atoms with Gasteiger partial charge in [-0.1, -0.05) is 6.58 Å². The Balaban J connectivity index is 3.69. The Labute approximate surface area is 70.9 Å². The Morgan fingerprint density at radius 2 is 2.25 bits per heavy atom. The predicted octanol–water partition coefficient (Wildman–Crippen LogP) is 0.504. The number of carbonyl (C=O) groups is 1. The first-order valence-electron chi connectivity index (χ1n) is 3.23. The minimum absolute atomic E-state index is 0.110. The summed E-state index contributed by atoms with van der Waals surface area (Å²) in [7, 11) is -2.82. The molecule has 0 bridgehead atoms. The van der Waals surface area contributed by atoms with E-state index in [2.05, 4.69) is 15.6 Å². The second-order valence-electron chi connectivity index (χ2n) is 1.99. The van der Waals surface area contributed by atoms with Crippen molar-refractivity contribution < 1.29 is 23.5 Å². The zero-order valence-corrected chi connectivity index (χ0v) is 7.70. The van der Waals surface area contributed by atoms with Gasteiger partial charge in [0.05, 0.1) is 13.2 Å². The highest BCUT2D eigenvalue weighted by Crippen LogP contribution is 2.24. The topological polar surface area (TPSA) is 72.8 Å². The molecule has 0 aliphatic carbocycles. The van der Waals surface area contributed by atoms with E-state index in [1.165, 1.54) is 6.92 Å². The van der Waals surface area contributed by atoms with Crippen molar-refractivity contribution in [3.8, 4) is 0 Å². The summed E-state index contributed by atoms with van der Waals surface area (Å²) in [6.45, 7) is 4.35. The second kappa shape index (κ2) is 5.94. The van der Waals surface area contributed by atoms with Crippen molar-refractivity contribution in [1.29, 1.82) is 0 Å². The second-order valence-corrected chi connectivity index (χ2v) is 2.98. The van der Waals surface area contributed by atoms with E-state index in [1.807, 2.05) is 0 Å². The Morgan fingerprint density at radius 1 is 1.67 bits per heavy atom. The Kier molecular flexibility index (Phi) is 5.62. The summed E-state index contributed by atoms with van der Waals surface area (Å²) in [5, 5.41) is 8.25. The van der Waals surface area contributed by atoms with E-state index >= 15 is 0 Å². The molecule has 1 N–H and O–H groups in total. The lowest BCUT2D eigenvalue weighted by molar-refractivity contribution is -0.130. The van der Waals surface area contributed by atoms with Gasteiger partial charge < -0.3 is 9.63 Å². The lowest BCUT2D eigenvalue weighted by atomic mass is 10.4. The maximum atomic E-state index is 10.7. The Hall–Kier alpha value is -0.640. The van der Waals surface area contributed by atoms with Crippen molar-refractivity contribution in [2.24, 2.45) is 0 Å². The van der Waals surface area contributed by atoms with Crippen LogP contribution < -0.4 is 0 Å². The zero-order chi connectivity index (χ0) is 9.56. The van der Waals surface area contributed by atoms with Crippen LogP contribution in [0.1, 0.15) is 6.92 Å². The van der Waals surface area contributed by atoms with Crippen molar-refractivity contribution in [3.05, 3.63) is 12.2 Å². The summed E-state index contributed by atoms with van der Waals surface area (Å²) in [5.41, 5.74) is 0.154. The van der Waals surface area contributed by atoms with Gasteiger partial charge in [-0.3, -0.25) is 4.52 Å². The van der Waals surface area contributed by atoms with Crippen LogP contribution >= 0.6 is 8.25 Å². The third-order valence-electron chi connectivity index (χ3n) is 0.836. The SMILES string of the molecule is C=C(C)C(=O)O[PH](=O)OCCO. The number of carbonyl (C=O) groups excluding carboxylic acids is 1. The quantitative estimate of drug-likeness (QED) is 0.509. The van der Waals surface area contributed by atoms with E-state index in [0.29, 0.717) is 0 Å². The van der Waals surface area contributed by atoms with Gasteiger partial charge in [0.2, 0.25) is 0 Å². The summed E-state index contributed by atoms with van der Waals surface area (Å²) < 4.78 is 19.4. The molecule has 0 aromatic rings. The maximum Gasteiger partial charge on any atom is 0.370 e. The van der Waals surface area contributed by atoms with Crippen molar-refractivity contribution in [2.75, 3.05) is 13.2 Å². The first kappa shape index (κ1) is 11.4. The number of aliphatic hydroxyl groups excluding tert-OH is 1. The maximum absolute atomic E-state index is 10.7. The smallest absolute Gasteiger partial charge is 0.370 e. The van der Waals surface area contributed by atoms with E-state index in [1.54, 1.807) is 0 Å². The minimum Gasteiger partial charge on any atom is -0.394 e. The van der Waals surface area contributed by atoms with E-state index in [9.17, 15) is 9.36 Å². The zero-order valence-electron chi connectivity index (χ0n) is 6.70. The monoisotopic (exact) mass is 194 g/mol. The highest BCUT2D eigenvalue weighted by molar-refractivity contribution is 7.34. The molecule has 0 aliphatic rings. The van der Waals surface area contributed by atoms with Crippen LogP contribution in [0.5, 0.6) is 0 Å². The number of hydrogen-bond acceptors (Lipinski definition) is 5. The van der Waals surface area contributed by atoms with Crippen LogP contribution in [-0.2, 0) is 18.4 Å². The molecular formula is C6H11O5P. The van der Waals surface area contributed by atoms with E-state index in [0.717, 1.165) is 0 Å². The summed E-state index contributed by atoms with van der Waals surface area (Å²) in [6, 6.07) is 0. The van der Waals surface area contributed by atoms with Crippen LogP contribution in [0.25, 0.3) is 0 Å².